The lowest BCUT2D eigenvalue weighted by molar-refractivity contribution is -0.354. The molecule has 2 N–H and O–H groups in total. The third-order valence-corrected chi connectivity index (χ3v) is 8.50. The Hall–Kier alpha value is -1.15. The summed E-state index contributed by atoms with van der Waals surface area (Å²) in [6, 6.07) is 0. The fourth-order valence-electron chi connectivity index (χ4n) is 5.68. The second-order valence-corrected chi connectivity index (χ2v) is 11.5. The molecule has 10 nitrogen and oxygen atoms in total. The molecular formula is C29H45BrO10. The summed E-state index contributed by atoms with van der Waals surface area (Å²) in [5, 5.41) is 22.7. The number of cyclic esters (lactones) is 1. The van der Waals surface area contributed by atoms with E-state index in [0.717, 1.165) is 5.57 Å². The van der Waals surface area contributed by atoms with E-state index >= 15 is 0 Å². The van der Waals surface area contributed by atoms with E-state index in [2.05, 4.69) is 15.9 Å². The first kappa shape index (κ1) is 33.4. The number of hydrogen-bond acceptors (Lipinski definition) is 10. The third kappa shape index (κ3) is 7.81. The second-order valence-electron chi connectivity index (χ2n) is 11.0. The van der Waals surface area contributed by atoms with Crippen molar-refractivity contribution in [2.45, 2.75) is 108 Å². The van der Waals surface area contributed by atoms with Crippen LogP contribution in [0.4, 0.5) is 0 Å². The maximum absolute atomic E-state index is 13.3. The van der Waals surface area contributed by atoms with Gasteiger partial charge in [-0.25, -0.2) is 0 Å². The van der Waals surface area contributed by atoms with Crippen LogP contribution in [-0.4, -0.2) is 98.4 Å². The van der Waals surface area contributed by atoms with Gasteiger partial charge in [-0.05, 0) is 31.8 Å². The zero-order valence-electron chi connectivity index (χ0n) is 24.4. The molecule has 0 radical (unpaired) electrons. The number of rotatable bonds is 7. The Morgan fingerprint density at radius 2 is 1.80 bits per heavy atom. The summed E-state index contributed by atoms with van der Waals surface area (Å²) < 4.78 is 41.4. The number of hydrogen-bond donors (Lipinski definition) is 2. The molecule has 0 aliphatic carbocycles. The van der Waals surface area contributed by atoms with Crippen molar-refractivity contribution in [2.75, 3.05) is 21.3 Å². The lowest BCUT2D eigenvalue weighted by Gasteiger charge is -2.49. The minimum Gasteiger partial charge on any atom is -0.457 e. The Bertz CT molecular complexity index is 924. The van der Waals surface area contributed by atoms with Crippen LogP contribution >= 0.6 is 15.9 Å². The summed E-state index contributed by atoms with van der Waals surface area (Å²) in [7, 11) is 4.60. The Morgan fingerprint density at radius 1 is 1.10 bits per heavy atom. The minimum absolute atomic E-state index is 0.0191. The van der Waals surface area contributed by atoms with Gasteiger partial charge in [0, 0.05) is 46.5 Å². The quantitative estimate of drug-likeness (QED) is 0.245. The molecule has 0 aromatic carbocycles. The molecule has 0 spiro atoms. The minimum atomic E-state index is -1.88. The molecule has 2 bridgehead atoms. The number of ether oxygens (including phenoxy) is 7. The monoisotopic (exact) mass is 632 g/mol. The maximum atomic E-state index is 13.3. The summed E-state index contributed by atoms with van der Waals surface area (Å²) in [6.45, 7) is 7.32. The first-order chi connectivity index (χ1) is 19.0. The molecule has 3 rings (SSSR count). The highest BCUT2D eigenvalue weighted by Crippen LogP contribution is 2.42. The molecule has 11 heteroatoms. The van der Waals surface area contributed by atoms with Crippen LogP contribution in [0.5, 0.6) is 0 Å². The van der Waals surface area contributed by atoms with Crippen molar-refractivity contribution in [1.82, 2.24) is 0 Å². The largest absolute Gasteiger partial charge is 0.457 e. The Labute approximate surface area is 245 Å². The average Bonchev–Trinajstić information content (AvgIpc) is 2.90. The number of esters is 1. The van der Waals surface area contributed by atoms with E-state index in [1.165, 1.54) is 14.2 Å². The van der Waals surface area contributed by atoms with Crippen molar-refractivity contribution < 1.29 is 48.2 Å². The standard InChI is InChI=1S/C29H45BrO10/c1-16-12-20(10-8-9-11-30)38-27(32)18(3)29(33)15-23(17(2)22(40-29)14-21(13-16)34-5)39-28-26(36-7)24(31)25(35-6)19(4)37-28/h8-11,13,17-26,28,31,33H,12,14-15H2,1-7H3/b10-8+,11-9+,16-13+/t17-,18+,19-,20-,21+,22-,23-,24+,25-,26+,28+,29-/m0/s1. The molecular weight excluding hydrogens is 588 g/mol. The van der Waals surface area contributed by atoms with Gasteiger partial charge in [-0.2, -0.15) is 0 Å². The van der Waals surface area contributed by atoms with E-state index in [4.69, 9.17) is 33.2 Å². The number of allylic oxidation sites excluding steroid dienone is 2. The van der Waals surface area contributed by atoms with Crippen LogP contribution in [0.3, 0.4) is 0 Å². The van der Waals surface area contributed by atoms with Crippen molar-refractivity contribution in [3.05, 3.63) is 34.9 Å². The Morgan fingerprint density at radius 3 is 2.42 bits per heavy atom. The van der Waals surface area contributed by atoms with Gasteiger partial charge in [0.15, 0.2) is 12.1 Å². The van der Waals surface area contributed by atoms with Crippen LogP contribution in [-0.2, 0) is 38.0 Å². The number of aliphatic hydroxyl groups excluding tert-OH is 1. The predicted molar refractivity (Wildman–Crippen MR) is 150 cm³/mol. The number of fused-ring (bicyclic) bond motifs is 2. The van der Waals surface area contributed by atoms with E-state index in [1.807, 2.05) is 19.9 Å². The molecule has 2 fully saturated rings. The van der Waals surface area contributed by atoms with Crippen molar-refractivity contribution in [3.8, 4) is 0 Å². The predicted octanol–water partition coefficient (Wildman–Crippen LogP) is 3.39. The lowest BCUT2D eigenvalue weighted by Crippen LogP contribution is -2.62. The summed E-state index contributed by atoms with van der Waals surface area (Å²) in [4.78, 5) is 15.0. The lowest BCUT2D eigenvalue weighted by atomic mass is 9.81. The van der Waals surface area contributed by atoms with Crippen LogP contribution in [0.2, 0.25) is 0 Å². The molecule has 3 heterocycles. The topological polar surface area (TPSA) is 122 Å². The van der Waals surface area contributed by atoms with E-state index in [9.17, 15) is 15.0 Å². The molecule has 12 atom stereocenters. The highest BCUT2D eigenvalue weighted by Gasteiger charge is 2.53. The number of methoxy groups -OCH3 is 3. The van der Waals surface area contributed by atoms with Gasteiger partial charge in [0.1, 0.15) is 30.3 Å². The van der Waals surface area contributed by atoms with Gasteiger partial charge in [-0.3, -0.25) is 4.79 Å². The van der Waals surface area contributed by atoms with E-state index in [1.54, 1.807) is 44.2 Å². The van der Waals surface area contributed by atoms with Crippen LogP contribution in [0.15, 0.2) is 34.9 Å². The summed E-state index contributed by atoms with van der Waals surface area (Å²) in [6.07, 6.45) is 2.45. The molecule has 0 saturated carbocycles. The summed E-state index contributed by atoms with van der Waals surface area (Å²) in [5.74, 6) is -3.71. The first-order valence-electron chi connectivity index (χ1n) is 13.8. The zero-order chi connectivity index (χ0) is 29.6. The summed E-state index contributed by atoms with van der Waals surface area (Å²) >= 11 is 3.23. The van der Waals surface area contributed by atoms with Crippen molar-refractivity contribution >= 4 is 21.9 Å². The summed E-state index contributed by atoms with van der Waals surface area (Å²) in [5.41, 5.74) is 0.992. The highest BCUT2D eigenvalue weighted by molar-refractivity contribution is 9.11. The zero-order valence-corrected chi connectivity index (χ0v) is 26.0. The molecule has 2 saturated heterocycles. The van der Waals surface area contributed by atoms with E-state index in [0.29, 0.717) is 12.8 Å². The number of carbonyl (C=O) groups excluding carboxylic acids is 1. The van der Waals surface area contributed by atoms with Crippen molar-refractivity contribution in [2.24, 2.45) is 11.8 Å². The van der Waals surface area contributed by atoms with Crippen LogP contribution in [0.25, 0.3) is 0 Å². The number of aliphatic hydroxyl groups is 2. The van der Waals surface area contributed by atoms with Crippen LogP contribution in [0.1, 0.15) is 47.0 Å². The van der Waals surface area contributed by atoms with Gasteiger partial charge in [-0.15, -0.1) is 0 Å². The van der Waals surface area contributed by atoms with Gasteiger partial charge in [0.2, 0.25) is 0 Å². The highest BCUT2D eigenvalue weighted by atomic mass is 79.9. The van der Waals surface area contributed by atoms with Crippen LogP contribution < -0.4 is 0 Å². The van der Waals surface area contributed by atoms with Crippen molar-refractivity contribution in [3.63, 3.8) is 0 Å². The molecule has 3 aliphatic rings. The number of carbonyl (C=O) groups is 1. The molecule has 0 amide bonds. The van der Waals surface area contributed by atoms with E-state index < -0.39 is 66.7 Å². The molecule has 0 aromatic heterocycles. The van der Waals surface area contributed by atoms with Gasteiger partial charge in [0.05, 0.1) is 24.4 Å². The Kier molecular flexibility index (Phi) is 12.4. The normalized spacial score (nSPS) is 45.0. The average molecular weight is 634 g/mol. The SMILES string of the molecule is CO[C@@H]1[C@@H](O)[C@@H](OC)[C@@H](O[C@H]2C[C@]3(O)O[C@@H](C[C@H](OC)/C=C(\C)C[C@H](/C=C/C=C/Br)OC(=O)[C@H]3C)[C@@H]2C)O[C@H]1C. The first-order valence-corrected chi connectivity index (χ1v) is 14.7. The van der Waals surface area contributed by atoms with Gasteiger partial charge >= 0.3 is 5.97 Å². The van der Waals surface area contributed by atoms with E-state index in [-0.39, 0.29) is 18.4 Å². The molecule has 3 aliphatic heterocycles. The van der Waals surface area contributed by atoms with Crippen LogP contribution in [0, 0.1) is 11.8 Å². The second kappa shape index (κ2) is 14.8. The fourth-order valence-corrected chi connectivity index (χ4v) is 5.85. The molecule has 228 valence electrons. The van der Waals surface area contributed by atoms with Crippen molar-refractivity contribution in [1.29, 1.82) is 0 Å². The molecule has 40 heavy (non-hydrogen) atoms. The fraction of sp³-hybridized carbons (Fsp3) is 0.759. The smallest absolute Gasteiger partial charge is 0.314 e. The number of halogens is 1. The molecule has 0 aromatic rings. The van der Waals surface area contributed by atoms with Gasteiger partial charge < -0.3 is 43.4 Å². The van der Waals surface area contributed by atoms with Gasteiger partial charge in [0.25, 0.3) is 0 Å². The Balaban J connectivity index is 1.94. The molecule has 0 unspecified atom stereocenters. The maximum Gasteiger partial charge on any atom is 0.314 e. The third-order valence-electron chi connectivity index (χ3n) is 8.20. The van der Waals surface area contributed by atoms with Gasteiger partial charge in [-0.1, -0.05) is 46.7 Å².